The van der Waals surface area contributed by atoms with E-state index < -0.39 is 6.04 Å². The number of carbonyl (C=O) groups is 1. The van der Waals surface area contributed by atoms with E-state index in [-0.39, 0.29) is 11.9 Å². The summed E-state index contributed by atoms with van der Waals surface area (Å²) in [6.45, 7) is 2.49. The van der Waals surface area contributed by atoms with Crippen LogP contribution >= 0.6 is 0 Å². The molecule has 0 aromatic heterocycles. The predicted octanol–water partition coefficient (Wildman–Crippen LogP) is 0.838. The highest BCUT2D eigenvalue weighted by molar-refractivity contribution is 5.81. The van der Waals surface area contributed by atoms with Crippen LogP contribution in [0.2, 0.25) is 0 Å². The molecule has 0 fully saturated rings. The van der Waals surface area contributed by atoms with Crippen molar-refractivity contribution in [1.29, 1.82) is 0 Å². The Hall–Kier alpha value is -1.39. The molecule has 2 unspecified atom stereocenters. The molecule has 1 aromatic carbocycles. The zero-order chi connectivity index (χ0) is 12.0. The third kappa shape index (κ3) is 3.64. The largest absolute Gasteiger partial charge is 0.383 e. The van der Waals surface area contributed by atoms with E-state index in [4.69, 9.17) is 10.5 Å². The van der Waals surface area contributed by atoms with Crippen LogP contribution in [-0.4, -0.2) is 25.7 Å². The molecule has 4 heteroatoms. The minimum Gasteiger partial charge on any atom is -0.383 e. The van der Waals surface area contributed by atoms with Crippen LogP contribution in [0.1, 0.15) is 18.5 Å². The van der Waals surface area contributed by atoms with E-state index >= 15 is 0 Å². The van der Waals surface area contributed by atoms with Crippen LogP contribution in [-0.2, 0) is 9.53 Å². The van der Waals surface area contributed by atoms with E-state index in [9.17, 15) is 4.79 Å². The molecule has 0 saturated heterocycles. The van der Waals surface area contributed by atoms with Crippen LogP contribution in [0, 0.1) is 0 Å². The summed E-state index contributed by atoms with van der Waals surface area (Å²) in [4.78, 5) is 11.4. The number of hydrogen-bond acceptors (Lipinski definition) is 3. The Kier molecular flexibility index (Phi) is 4.95. The highest BCUT2D eigenvalue weighted by Crippen LogP contribution is 2.12. The number of rotatable bonds is 6. The van der Waals surface area contributed by atoms with E-state index in [1.54, 1.807) is 7.11 Å². The predicted molar refractivity (Wildman–Crippen MR) is 62.9 cm³/mol. The minimum atomic E-state index is -0.466. The van der Waals surface area contributed by atoms with Gasteiger partial charge >= 0.3 is 0 Å². The maximum atomic E-state index is 11.4. The number of carbonyl (C=O) groups excluding carboxylic acids is 1. The molecule has 3 N–H and O–H groups in total. The van der Waals surface area contributed by atoms with Crippen molar-refractivity contribution in [2.75, 3.05) is 13.7 Å². The molecule has 16 heavy (non-hydrogen) atoms. The van der Waals surface area contributed by atoms with Crippen molar-refractivity contribution < 1.29 is 9.53 Å². The van der Waals surface area contributed by atoms with E-state index in [2.05, 4.69) is 5.32 Å². The molecule has 0 bridgehead atoms. The third-order valence-corrected chi connectivity index (χ3v) is 2.29. The lowest BCUT2D eigenvalue weighted by atomic mass is 10.1. The van der Waals surface area contributed by atoms with Gasteiger partial charge < -0.3 is 10.5 Å². The molecule has 0 aliphatic rings. The Morgan fingerprint density at radius 3 is 2.56 bits per heavy atom. The first-order valence-electron chi connectivity index (χ1n) is 5.24. The fourth-order valence-corrected chi connectivity index (χ4v) is 1.57. The lowest BCUT2D eigenvalue weighted by Gasteiger charge is -2.20. The fourth-order valence-electron chi connectivity index (χ4n) is 1.57. The number of nitrogens with two attached hydrogens (primary N) is 1. The Labute approximate surface area is 95.8 Å². The second-order valence-electron chi connectivity index (χ2n) is 3.77. The van der Waals surface area contributed by atoms with Gasteiger partial charge in [-0.2, -0.15) is 0 Å². The molecule has 1 amide bonds. The Morgan fingerprint density at radius 1 is 1.44 bits per heavy atom. The number of primary amides is 1. The van der Waals surface area contributed by atoms with Gasteiger partial charge in [-0.3, -0.25) is 10.1 Å². The molecule has 88 valence electrons. The molecule has 0 spiro atoms. The van der Waals surface area contributed by atoms with Crippen molar-refractivity contribution in [3.8, 4) is 0 Å². The van der Waals surface area contributed by atoms with E-state index in [0.29, 0.717) is 6.61 Å². The lowest BCUT2D eigenvalue weighted by molar-refractivity contribution is -0.120. The summed E-state index contributed by atoms with van der Waals surface area (Å²) in [5.74, 6) is -0.380. The van der Waals surface area contributed by atoms with Crippen molar-refractivity contribution in [3.05, 3.63) is 35.9 Å². The van der Waals surface area contributed by atoms with Crippen LogP contribution < -0.4 is 11.1 Å². The molecule has 1 rings (SSSR count). The average Bonchev–Trinajstić information content (AvgIpc) is 2.27. The molecular formula is C12H18N2O2. The minimum absolute atomic E-state index is 0.0720. The van der Waals surface area contributed by atoms with Gasteiger partial charge in [0, 0.05) is 13.2 Å². The Balaban J connectivity index is 2.73. The molecule has 0 aliphatic carbocycles. The number of amides is 1. The fraction of sp³-hybridized carbons (Fsp3) is 0.417. The molecular weight excluding hydrogens is 204 g/mol. The van der Waals surface area contributed by atoms with Crippen LogP contribution in [0.4, 0.5) is 0 Å². The van der Waals surface area contributed by atoms with Crippen molar-refractivity contribution in [1.82, 2.24) is 5.32 Å². The number of hydrogen-bond donors (Lipinski definition) is 2. The molecule has 2 atom stereocenters. The molecule has 0 heterocycles. The second kappa shape index (κ2) is 6.25. The number of nitrogens with one attached hydrogen (secondary N) is 1. The van der Waals surface area contributed by atoms with Gasteiger partial charge in [0.1, 0.15) is 6.04 Å². The third-order valence-electron chi connectivity index (χ3n) is 2.29. The summed E-state index contributed by atoms with van der Waals surface area (Å²) in [6, 6.07) is 9.03. The van der Waals surface area contributed by atoms with E-state index in [0.717, 1.165) is 5.56 Å². The van der Waals surface area contributed by atoms with Crippen molar-refractivity contribution in [2.45, 2.75) is 19.0 Å². The van der Waals surface area contributed by atoms with Gasteiger partial charge in [-0.1, -0.05) is 30.3 Å². The maximum absolute atomic E-state index is 11.4. The standard InChI is InChI=1S/C12H18N2O2/c1-9(8-16-2)14-11(12(13)15)10-6-4-3-5-7-10/h3-7,9,11,14H,8H2,1-2H3,(H2,13,15). The normalized spacial score (nSPS) is 14.4. The molecule has 0 saturated carbocycles. The smallest absolute Gasteiger partial charge is 0.239 e. The second-order valence-corrected chi connectivity index (χ2v) is 3.77. The van der Waals surface area contributed by atoms with Gasteiger partial charge in [0.2, 0.25) is 5.91 Å². The van der Waals surface area contributed by atoms with Gasteiger partial charge in [-0.05, 0) is 12.5 Å². The summed E-state index contributed by atoms with van der Waals surface area (Å²) in [5.41, 5.74) is 6.24. The quantitative estimate of drug-likeness (QED) is 0.749. The van der Waals surface area contributed by atoms with Gasteiger partial charge in [-0.25, -0.2) is 0 Å². The zero-order valence-electron chi connectivity index (χ0n) is 9.64. The maximum Gasteiger partial charge on any atom is 0.239 e. The zero-order valence-corrected chi connectivity index (χ0v) is 9.64. The van der Waals surface area contributed by atoms with Crippen LogP contribution in [0.25, 0.3) is 0 Å². The molecule has 4 nitrogen and oxygen atoms in total. The van der Waals surface area contributed by atoms with Gasteiger partial charge in [0.05, 0.1) is 6.61 Å². The first-order valence-corrected chi connectivity index (χ1v) is 5.24. The summed E-state index contributed by atoms with van der Waals surface area (Å²) < 4.78 is 5.01. The summed E-state index contributed by atoms with van der Waals surface area (Å²) in [5, 5.41) is 3.13. The van der Waals surface area contributed by atoms with E-state index in [1.165, 1.54) is 0 Å². The average molecular weight is 222 g/mol. The highest BCUT2D eigenvalue weighted by Gasteiger charge is 2.19. The summed E-state index contributed by atoms with van der Waals surface area (Å²) in [6.07, 6.45) is 0. The van der Waals surface area contributed by atoms with Crippen molar-refractivity contribution in [2.24, 2.45) is 5.73 Å². The van der Waals surface area contributed by atoms with Crippen LogP contribution in [0.5, 0.6) is 0 Å². The van der Waals surface area contributed by atoms with Gasteiger partial charge in [0.15, 0.2) is 0 Å². The summed E-state index contributed by atoms with van der Waals surface area (Å²) >= 11 is 0. The number of benzene rings is 1. The van der Waals surface area contributed by atoms with Crippen LogP contribution in [0.3, 0.4) is 0 Å². The van der Waals surface area contributed by atoms with Gasteiger partial charge in [-0.15, -0.1) is 0 Å². The molecule has 0 radical (unpaired) electrons. The van der Waals surface area contributed by atoms with Crippen LogP contribution in [0.15, 0.2) is 30.3 Å². The monoisotopic (exact) mass is 222 g/mol. The van der Waals surface area contributed by atoms with E-state index in [1.807, 2.05) is 37.3 Å². The topological polar surface area (TPSA) is 64.3 Å². The Morgan fingerprint density at radius 2 is 2.06 bits per heavy atom. The van der Waals surface area contributed by atoms with Gasteiger partial charge in [0.25, 0.3) is 0 Å². The number of methoxy groups -OCH3 is 1. The molecule has 0 aliphatic heterocycles. The number of ether oxygens (including phenoxy) is 1. The van der Waals surface area contributed by atoms with Crippen molar-refractivity contribution >= 4 is 5.91 Å². The van der Waals surface area contributed by atoms with Crippen molar-refractivity contribution in [3.63, 3.8) is 0 Å². The summed E-state index contributed by atoms with van der Waals surface area (Å²) in [7, 11) is 1.62. The lowest BCUT2D eigenvalue weighted by Crippen LogP contribution is -2.40. The first-order chi connectivity index (χ1) is 7.65. The molecule has 1 aromatic rings. The first kappa shape index (κ1) is 12.7. The highest BCUT2D eigenvalue weighted by atomic mass is 16.5. The Bertz CT molecular complexity index is 327. The SMILES string of the molecule is COCC(C)NC(C(N)=O)c1ccccc1.